The minimum Gasteiger partial charge on any atom is -0.388 e. The maximum Gasteiger partial charge on any atom is 0.122 e. The number of hydrogen-bond acceptors (Lipinski definition) is 3. The van der Waals surface area contributed by atoms with Gasteiger partial charge in [-0.1, -0.05) is 42.0 Å². The number of aryl methyl sites for hydroxylation is 1. The molecule has 0 spiro atoms. The van der Waals surface area contributed by atoms with E-state index in [0.29, 0.717) is 10.7 Å². The molecule has 104 valence electrons. The highest BCUT2D eigenvalue weighted by Crippen LogP contribution is 2.10. The Labute approximate surface area is 125 Å². The van der Waals surface area contributed by atoms with Crippen molar-refractivity contribution in [3.05, 3.63) is 65.0 Å². The van der Waals surface area contributed by atoms with Crippen LogP contribution in [0.1, 0.15) is 22.4 Å². The first-order valence-corrected chi connectivity index (χ1v) is 6.94. The van der Waals surface area contributed by atoms with Crippen molar-refractivity contribution in [2.45, 2.75) is 20.0 Å². The van der Waals surface area contributed by atoms with Gasteiger partial charge in [-0.25, -0.2) is 0 Å². The van der Waals surface area contributed by atoms with Crippen LogP contribution >= 0.6 is 12.2 Å². The Kier molecular flexibility index (Phi) is 4.82. The summed E-state index contributed by atoms with van der Waals surface area (Å²) in [5.41, 5.74) is 10.0. The molecule has 0 fully saturated rings. The molecule has 0 radical (unpaired) electrons. The average Bonchev–Trinajstić information content (AvgIpc) is 2.41. The maximum absolute atomic E-state index is 5.61. The molecular weight excluding hydrogens is 266 g/mol. The highest BCUT2D eigenvalue weighted by molar-refractivity contribution is 7.80. The molecule has 0 saturated carbocycles. The number of nitrogens with two attached hydrogens (primary N) is 1. The van der Waals surface area contributed by atoms with Crippen LogP contribution in [-0.4, -0.2) is 21.9 Å². The van der Waals surface area contributed by atoms with E-state index in [1.807, 2.05) is 12.1 Å². The second kappa shape index (κ2) is 6.59. The molecule has 0 aliphatic heterocycles. The number of aromatic nitrogens is 1. The van der Waals surface area contributed by atoms with Gasteiger partial charge in [0, 0.05) is 19.3 Å². The van der Waals surface area contributed by atoms with Crippen molar-refractivity contribution < 1.29 is 0 Å². The van der Waals surface area contributed by atoms with Crippen molar-refractivity contribution in [1.82, 2.24) is 9.88 Å². The predicted octanol–water partition coefficient (Wildman–Crippen LogP) is 2.66. The molecule has 0 amide bonds. The van der Waals surface area contributed by atoms with Gasteiger partial charge in [-0.05, 0) is 37.2 Å². The molecule has 0 atom stereocenters. The summed E-state index contributed by atoms with van der Waals surface area (Å²) in [6.07, 6.45) is 1.75. The van der Waals surface area contributed by atoms with E-state index in [1.165, 1.54) is 11.1 Å². The summed E-state index contributed by atoms with van der Waals surface area (Å²) in [6.45, 7) is 3.85. The van der Waals surface area contributed by atoms with Gasteiger partial charge >= 0.3 is 0 Å². The summed E-state index contributed by atoms with van der Waals surface area (Å²) >= 11 is 4.95. The summed E-state index contributed by atoms with van der Waals surface area (Å²) in [7, 11) is 2.10. The summed E-state index contributed by atoms with van der Waals surface area (Å²) in [5, 5.41) is 0. The number of thiocarbonyl (C=S) groups is 1. The third-order valence-corrected chi connectivity index (χ3v) is 3.31. The van der Waals surface area contributed by atoms with Crippen LogP contribution in [0.2, 0.25) is 0 Å². The highest BCUT2D eigenvalue weighted by atomic mass is 32.1. The molecule has 1 aromatic heterocycles. The molecule has 2 N–H and O–H groups in total. The van der Waals surface area contributed by atoms with E-state index in [1.54, 1.807) is 6.20 Å². The Balaban J connectivity index is 2.00. The quantitative estimate of drug-likeness (QED) is 0.858. The Bertz CT molecular complexity index is 593. The minimum atomic E-state index is 0.341. The molecule has 20 heavy (non-hydrogen) atoms. The lowest BCUT2D eigenvalue weighted by Crippen LogP contribution is -2.18. The van der Waals surface area contributed by atoms with E-state index in [0.717, 1.165) is 18.7 Å². The van der Waals surface area contributed by atoms with Crippen molar-refractivity contribution in [2.75, 3.05) is 7.05 Å². The van der Waals surface area contributed by atoms with Crippen LogP contribution < -0.4 is 5.73 Å². The number of benzene rings is 1. The van der Waals surface area contributed by atoms with Crippen molar-refractivity contribution in [3.63, 3.8) is 0 Å². The fraction of sp³-hybridized carbons (Fsp3) is 0.250. The minimum absolute atomic E-state index is 0.341. The van der Waals surface area contributed by atoms with Crippen LogP contribution in [0.15, 0.2) is 42.6 Å². The van der Waals surface area contributed by atoms with Gasteiger partial charge in [-0.2, -0.15) is 0 Å². The molecule has 2 rings (SSSR count). The first-order valence-electron chi connectivity index (χ1n) is 6.53. The van der Waals surface area contributed by atoms with Crippen LogP contribution in [0.5, 0.6) is 0 Å². The van der Waals surface area contributed by atoms with E-state index < -0.39 is 0 Å². The lowest BCUT2D eigenvalue weighted by atomic mass is 10.1. The van der Waals surface area contributed by atoms with Gasteiger partial charge in [-0.15, -0.1) is 0 Å². The number of nitrogens with zero attached hydrogens (tertiary/aromatic N) is 2. The third kappa shape index (κ3) is 4.11. The zero-order valence-electron chi connectivity index (χ0n) is 11.8. The molecule has 0 saturated heterocycles. The Morgan fingerprint density at radius 3 is 2.45 bits per heavy atom. The van der Waals surface area contributed by atoms with Crippen LogP contribution in [0.3, 0.4) is 0 Å². The normalized spacial score (nSPS) is 10.8. The van der Waals surface area contributed by atoms with E-state index in [2.05, 4.69) is 48.1 Å². The standard InChI is InChI=1S/C16H19N3S/c1-12-3-5-13(6-4-12)10-19(2)11-14-7-8-18-15(9-14)16(17)20/h3-9H,10-11H2,1-2H3,(H2,17,20). The number of pyridine rings is 1. The Morgan fingerprint density at radius 1 is 1.15 bits per heavy atom. The fourth-order valence-corrected chi connectivity index (χ4v) is 2.19. The SMILES string of the molecule is Cc1ccc(CN(C)Cc2ccnc(C(N)=S)c2)cc1. The molecule has 2 aromatic rings. The number of hydrogen-bond donors (Lipinski definition) is 1. The van der Waals surface area contributed by atoms with Gasteiger partial charge in [0.15, 0.2) is 0 Å². The van der Waals surface area contributed by atoms with Gasteiger partial charge in [0.25, 0.3) is 0 Å². The van der Waals surface area contributed by atoms with Crippen LogP contribution in [-0.2, 0) is 13.1 Å². The van der Waals surface area contributed by atoms with Crippen molar-refractivity contribution in [3.8, 4) is 0 Å². The molecule has 1 aromatic carbocycles. The van der Waals surface area contributed by atoms with Crippen molar-refractivity contribution in [1.29, 1.82) is 0 Å². The topological polar surface area (TPSA) is 42.2 Å². The fourth-order valence-electron chi connectivity index (χ4n) is 2.08. The highest BCUT2D eigenvalue weighted by Gasteiger charge is 2.04. The van der Waals surface area contributed by atoms with Crippen LogP contribution in [0, 0.1) is 6.92 Å². The van der Waals surface area contributed by atoms with Gasteiger partial charge in [-0.3, -0.25) is 9.88 Å². The number of rotatable bonds is 5. The van der Waals surface area contributed by atoms with E-state index in [4.69, 9.17) is 18.0 Å². The van der Waals surface area contributed by atoms with Crippen LogP contribution in [0.4, 0.5) is 0 Å². The molecule has 0 bridgehead atoms. The van der Waals surface area contributed by atoms with Crippen molar-refractivity contribution in [2.24, 2.45) is 5.73 Å². The predicted molar refractivity (Wildman–Crippen MR) is 86.5 cm³/mol. The first-order chi connectivity index (χ1) is 9.54. The van der Waals surface area contributed by atoms with Gasteiger partial charge in [0.1, 0.15) is 4.99 Å². The van der Waals surface area contributed by atoms with Crippen LogP contribution in [0.25, 0.3) is 0 Å². The third-order valence-electron chi connectivity index (χ3n) is 3.10. The lowest BCUT2D eigenvalue weighted by molar-refractivity contribution is 0.319. The molecule has 0 aliphatic carbocycles. The van der Waals surface area contributed by atoms with Gasteiger partial charge < -0.3 is 5.73 Å². The van der Waals surface area contributed by atoms with E-state index >= 15 is 0 Å². The zero-order valence-corrected chi connectivity index (χ0v) is 12.7. The lowest BCUT2D eigenvalue weighted by Gasteiger charge is -2.17. The summed E-state index contributed by atoms with van der Waals surface area (Å²) in [4.78, 5) is 6.75. The molecule has 0 aliphatic rings. The second-order valence-corrected chi connectivity index (χ2v) is 5.51. The second-order valence-electron chi connectivity index (χ2n) is 5.07. The average molecular weight is 285 g/mol. The van der Waals surface area contributed by atoms with Gasteiger partial charge in [0.05, 0.1) is 5.69 Å². The van der Waals surface area contributed by atoms with E-state index in [9.17, 15) is 0 Å². The maximum atomic E-state index is 5.61. The molecule has 0 unspecified atom stereocenters. The smallest absolute Gasteiger partial charge is 0.122 e. The zero-order chi connectivity index (χ0) is 14.5. The summed E-state index contributed by atoms with van der Waals surface area (Å²) in [5.74, 6) is 0. The Morgan fingerprint density at radius 2 is 1.80 bits per heavy atom. The monoisotopic (exact) mass is 285 g/mol. The molecule has 4 heteroatoms. The molecule has 1 heterocycles. The largest absolute Gasteiger partial charge is 0.388 e. The van der Waals surface area contributed by atoms with E-state index in [-0.39, 0.29) is 0 Å². The summed E-state index contributed by atoms with van der Waals surface area (Å²) < 4.78 is 0. The molecule has 3 nitrogen and oxygen atoms in total. The summed E-state index contributed by atoms with van der Waals surface area (Å²) in [6, 6.07) is 12.6. The van der Waals surface area contributed by atoms with Crippen molar-refractivity contribution >= 4 is 17.2 Å². The first kappa shape index (κ1) is 14.6. The molecular formula is C16H19N3S. The van der Waals surface area contributed by atoms with Gasteiger partial charge in [0.2, 0.25) is 0 Å². The Hall–Kier alpha value is -1.78.